The van der Waals surface area contributed by atoms with Crippen LogP contribution in [-0.4, -0.2) is 12.3 Å². The van der Waals surface area contributed by atoms with E-state index in [0.29, 0.717) is 5.41 Å². The monoisotopic (exact) mass is 294 g/mol. The van der Waals surface area contributed by atoms with Crippen molar-refractivity contribution in [2.45, 2.75) is 71.9 Å². The third-order valence-electron chi connectivity index (χ3n) is 7.90. The number of fused-ring (bicyclic) bond motifs is 3. The molecular formula is C19H35P. The molecule has 8 atom stereocenters. The molecule has 3 saturated carbocycles. The molecular weight excluding hydrogens is 259 g/mol. The standard InChI is InChI=1S/C19H35P/c1-12(2)19(4)11-17-15-8-6-7-14(15)9-10-16(17)18(19)13(3)20-5/h12-18,20H,6-11H2,1-5H3. The second kappa shape index (κ2) is 5.57. The molecule has 0 heterocycles. The maximum atomic E-state index is 2.65. The minimum Gasteiger partial charge on any atom is -0.122 e. The average Bonchev–Trinajstić information content (AvgIpc) is 2.99. The topological polar surface area (TPSA) is 0 Å². The highest BCUT2D eigenvalue weighted by molar-refractivity contribution is 7.37. The Morgan fingerprint density at radius 1 is 0.950 bits per heavy atom. The van der Waals surface area contributed by atoms with Crippen molar-refractivity contribution in [1.82, 2.24) is 0 Å². The van der Waals surface area contributed by atoms with Gasteiger partial charge in [0.1, 0.15) is 0 Å². The van der Waals surface area contributed by atoms with Gasteiger partial charge in [0.2, 0.25) is 0 Å². The summed E-state index contributed by atoms with van der Waals surface area (Å²) >= 11 is 0. The molecule has 116 valence electrons. The van der Waals surface area contributed by atoms with Gasteiger partial charge in [-0.15, -0.1) is 8.58 Å². The highest BCUT2D eigenvalue weighted by Gasteiger charge is 2.57. The molecule has 0 aromatic carbocycles. The van der Waals surface area contributed by atoms with Gasteiger partial charge in [0.25, 0.3) is 0 Å². The van der Waals surface area contributed by atoms with Crippen molar-refractivity contribution in [3.05, 3.63) is 0 Å². The number of rotatable bonds is 3. The quantitative estimate of drug-likeness (QED) is 0.576. The van der Waals surface area contributed by atoms with E-state index in [-0.39, 0.29) is 0 Å². The molecule has 0 aromatic heterocycles. The minimum atomic E-state index is 0.620. The molecule has 20 heavy (non-hydrogen) atoms. The molecule has 3 aliphatic rings. The van der Waals surface area contributed by atoms with E-state index in [9.17, 15) is 0 Å². The summed E-state index contributed by atoms with van der Waals surface area (Å²) in [5.74, 6) is 6.26. The van der Waals surface area contributed by atoms with Crippen LogP contribution in [0.5, 0.6) is 0 Å². The fourth-order valence-corrected chi connectivity index (χ4v) is 7.54. The van der Waals surface area contributed by atoms with E-state index in [1.165, 1.54) is 6.42 Å². The van der Waals surface area contributed by atoms with E-state index < -0.39 is 0 Å². The summed E-state index contributed by atoms with van der Waals surface area (Å²) in [4.78, 5) is 0. The molecule has 3 aliphatic carbocycles. The van der Waals surface area contributed by atoms with E-state index in [1.807, 2.05) is 0 Å². The lowest BCUT2D eigenvalue weighted by atomic mass is 9.65. The maximum Gasteiger partial charge on any atom is -0.0231 e. The van der Waals surface area contributed by atoms with Gasteiger partial charge in [-0.05, 0) is 78.9 Å². The van der Waals surface area contributed by atoms with Gasteiger partial charge in [0.05, 0.1) is 0 Å². The molecule has 3 fully saturated rings. The SMILES string of the molecule is CPC(C)C1C2CCC3CCCC3C2CC1(C)C(C)C. The Balaban J connectivity index is 1.91. The Morgan fingerprint density at radius 2 is 1.70 bits per heavy atom. The number of hydrogen-bond acceptors (Lipinski definition) is 0. The normalized spacial score (nSPS) is 49.8. The maximum absolute atomic E-state index is 2.65. The van der Waals surface area contributed by atoms with Gasteiger partial charge >= 0.3 is 0 Å². The lowest BCUT2D eigenvalue weighted by Crippen LogP contribution is -2.37. The zero-order chi connectivity index (χ0) is 14.5. The molecule has 0 aromatic rings. The fourth-order valence-electron chi connectivity index (χ4n) is 6.55. The van der Waals surface area contributed by atoms with Gasteiger partial charge in [-0.25, -0.2) is 0 Å². The van der Waals surface area contributed by atoms with Crippen LogP contribution in [0.2, 0.25) is 0 Å². The van der Waals surface area contributed by atoms with Crippen molar-refractivity contribution in [2.24, 2.45) is 40.9 Å². The van der Waals surface area contributed by atoms with E-state index in [1.54, 1.807) is 32.1 Å². The first-order valence-electron chi connectivity index (χ1n) is 9.16. The van der Waals surface area contributed by atoms with E-state index in [0.717, 1.165) is 49.7 Å². The van der Waals surface area contributed by atoms with Crippen molar-refractivity contribution in [1.29, 1.82) is 0 Å². The number of hydrogen-bond donors (Lipinski definition) is 0. The van der Waals surface area contributed by atoms with Crippen molar-refractivity contribution >= 4 is 8.58 Å². The van der Waals surface area contributed by atoms with Crippen LogP contribution in [0.1, 0.15) is 66.2 Å². The van der Waals surface area contributed by atoms with E-state index in [2.05, 4.69) is 34.4 Å². The summed E-state index contributed by atoms with van der Waals surface area (Å²) < 4.78 is 0. The van der Waals surface area contributed by atoms with Crippen LogP contribution in [0, 0.1) is 40.9 Å². The van der Waals surface area contributed by atoms with Crippen LogP contribution in [0.15, 0.2) is 0 Å². The molecule has 0 amide bonds. The van der Waals surface area contributed by atoms with Gasteiger partial charge < -0.3 is 0 Å². The van der Waals surface area contributed by atoms with Crippen LogP contribution in [0.25, 0.3) is 0 Å². The van der Waals surface area contributed by atoms with Crippen molar-refractivity contribution in [3.63, 3.8) is 0 Å². The van der Waals surface area contributed by atoms with Gasteiger partial charge in [0.15, 0.2) is 0 Å². The van der Waals surface area contributed by atoms with Crippen LogP contribution in [0.4, 0.5) is 0 Å². The highest BCUT2D eigenvalue weighted by atomic mass is 31.1. The van der Waals surface area contributed by atoms with Crippen molar-refractivity contribution < 1.29 is 0 Å². The van der Waals surface area contributed by atoms with E-state index >= 15 is 0 Å². The van der Waals surface area contributed by atoms with Crippen molar-refractivity contribution in [3.8, 4) is 0 Å². The summed E-state index contributed by atoms with van der Waals surface area (Å²) in [5.41, 5.74) is 1.57. The van der Waals surface area contributed by atoms with Crippen LogP contribution >= 0.6 is 8.58 Å². The highest BCUT2D eigenvalue weighted by Crippen LogP contribution is 2.65. The third-order valence-corrected chi connectivity index (χ3v) is 9.17. The zero-order valence-electron chi connectivity index (χ0n) is 14.3. The molecule has 0 saturated heterocycles. The van der Waals surface area contributed by atoms with Crippen LogP contribution in [0.3, 0.4) is 0 Å². The first-order chi connectivity index (χ1) is 9.49. The molecule has 0 nitrogen and oxygen atoms in total. The minimum absolute atomic E-state index is 0.620. The van der Waals surface area contributed by atoms with Gasteiger partial charge in [-0.2, -0.15) is 0 Å². The average molecular weight is 294 g/mol. The van der Waals surface area contributed by atoms with Gasteiger partial charge in [-0.3, -0.25) is 0 Å². The third kappa shape index (κ3) is 2.20. The Kier molecular flexibility index (Phi) is 4.27. The molecule has 3 rings (SSSR count). The molecule has 1 heteroatoms. The molecule has 0 spiro atoms. The zero-order valence-corrected chi connectivity index (χ0v) is 15.3. The van der Waals surface area contributed by atoms with Crippen LogP contribution in [-0.2, 0) is 0 Å². The Labute approximate surface area is 128 Å². The molecule has 8 unspecified atom stereocenters. The van der Waals surface area contributed by atoms with E-state index in [4.69, 9.17) is 0 Å². The summed E-state index contributed by atoms with van der Waals surface area (Å²) in [6.45, 7) is 12.7. The Bertz CT molecular complexity index is 350. The lowest BCUT2D eigenvalue weighted by molar-refractivity contribution is 0.0993. The predicted octanol–water partition coefficient (Wildman–Crippen LogP) is 5.81. The van der Waals surface area contributed by atoms with Gasteiger partial charge in [0, 0.05) is 0 Å². The predicted molar refractivity (Wildman–Crippen MR) is 91.8 cm³/mol. The first kappa shape index (κ1) is 15.3. The summed E-state index contributed by atoms with van der Waals surface area (Å²) in [5, 5.41) is 0. The second-order valence-electron chi connectivity index (χ2n) is 8.73. The molecule has 0 aliphatic heterocycles. The van der Waals surface area contributed by atoms with Crippen molar-refractivity contribution in [2.75, 3.05) is 6.66 Å². The van der Waals surface area contributed by atoms with Gasteiger partial charge in [-0.1, -0.05) is 40.5 Å². The summed E-state index contributed by atoms with van der Waals surface area (Å²) in [6, 6.07) is 0. The first-order valence-corrected chi connectivity index (χ1v) is 10.7. The summed E-state index contributed by atoms with van der Waals surface area (Å²) in [6.07, 6.45) is 9.34. The smallest absolute Gasteiger partial charge is 0.0231 e. The second-order valence-corrected chi connectivity index (χ2v) is 10.2. The molecule has 0 N–H and O–H groups in total. The summed E-state index contributed by atoms with van der Waals surface area (Å²) in [7, 11) is 1.13. The lowest BCUT2D eigenvalue weighted by Gasteiger charge is -2.43. The fraction of sp³-hybridized carbons (Fsp3) is 1.00. The Hall–Kier alpha value is 0.430. The largest absolute Gasteiger partial charge is 0.122 e. The van der Waals surface area contributed by atoms with Crippen LogP contribution < -0.4 is 0 Å². The Morgan fingerprint density at radius 3 is 2.35 bits per heavy atom. The molecule has 0 bridgehead atoms. The molecule has 0 radical (unpaired) electrons.